The highest BCUT2D eigenvalue weighted by Crippen LogP contribution is 2.35. The van der Waals surface area contributed by atoms with Crippen LogP contribution < -0.4 is 0 Å². The largest absolute Gasteiger partial charge is 0.262 e. The van der Waals surface area contributed by atoms with Crippen molar-refractivity contribution in [1.82, 2.24) is 0 Å². The van der Waals surface area contributed by atoms with Crippen molar-refractivity contribution in [3.63, 3.8) is 0 Å². The van der Waals surface area contributed by atoms with Crippen molar-refractivity contribution >= 4 is 47.2 Å². The Labute approximate surface area is 79.6 Å². The van der Waals surface area contributed by atoms with Crippen LogP contribution in [0.3, 0.4) is 0 Å². The molecule has 0 spiro atoms. The Morgan fingerprint density at radius 1 is 1.09 bits per heavy atom. The molecule has 0 saturated heterocycles. The molecule has 0 unspecified atom stereocenters. The van der Waals surface area contributed by atoms with Crippen LogP contribution in [-0.4, -0.2) is 6.72 Å². The van der Waals surface area contributed by atoms with Crippen LogP contribution >= 0.6 is 34.8 Å². The molecule has 1 rings (SSSR count). The molecule has 0 atom stereocenters. The van der Waals surface area contributed by atoms with E-state index in [0.29, 0.717) is 20.8 Å². The molecule has 4 heteroatoms. The second kappa shape index (κ2) is 3.44. The van der Waals surface area contributed by atoms with Crippen molar-refractivity contribution in [2.45, 2.75) is 0 Å². The monoisotopic (exact) mass is 207 g/mol. The molecule has 0 aromatic heterocycles. The van der Waals surface area contributed by atoms with Crippen LogP contribution in [0.4, 0.5) is 5.69 Å². The summed E-state index contributed by atoms with van der Waals surface area (Å²) >= 11 is 17.1. The molecule has 1 aromatic rings. The molecule has 1 nitrogen and oxygen atoms in total. The van der Waals surface area contributed by atoms with Gasteiger partial charge < -0.3 is 0 Å². The van der Waals surface area contributed by atoms with E-state index in [0.717, 1.165) is 0 Å². The second-order valence-electron chi connectivity index (χ2n) is 1.88. The molecule has 0 aliphatic heterocycles. The first kappa shape index (κ1) is 8.85. The Morgan fingerprint density at radius 3 is 1.91 bits per heavy atom. The number of benzene rings is 1. The van der Waals surface area contributed by atoms with Crippen LogP contribution in [0, 0.1) is 0 Å². The molecule has 11 heavy (non-hydrogen) atoms. The highest BCUT2D eigenvalue weighted by molar-refractivity contribution is 6.41. The number of rotatable bonds is 1. The van der Waals surface area contributed by atoms with Gasteiger partial charge in [0, 0.05) is 5.02 Å². The second-order valence-corrected chi connectivity index (χ2v) is 3.13. The highest BCUT2D eigenvalue weighted by atomic mass is 35.5. The smallest absolute Gasteiger partial charge is 0.0995 e. The van der Waals surface area contributed by atoms with E-state index in [1.54, 1.807) is 12.1 Å². The third-order valence-electron chi connectivity index (χ3n) is 1.14. The summed E-state index contributed by atoms with van der Waals surface area (Å²) in [6, 6.07) is 3.14. The van der Waals surface area contributed by atoms with Gasteiger partial charge in [0.2, 0.25) is 0 Å². The lowest BCUT2D eigenvalue weighted by atomic mass is 10.3. The Kier molecular flexibility index (Phi) is 2.77. The summed E-state index contributed by atoms with van der Waals surface area (Å²) in [6.45, 7) is 3.32. The van der Waals surface area contributed by atoms with Crippen LogP contribution in [0.25, 0.3) is 0 Å². The molecule has 0 N–H and O–H groups in total. The van der Waals surface area contributed by atoms with E-state index < -0.39 is 0 Å². The Morgan fingerprint density at radius 2 is 1.55 bits per heavy atom. The third-order valence-corrected chi connectivity index (χ3v) is 1.93. The van der Waals surface area contributed by atoms with Gasteiger partial charge in [-0.3, -0.25) is 4.99 Å². The van der Waals surface area contributed by atoms with Crippen LogP contribution in [0.2, 0.25) is 15.1 Å². The van der Waals surface area contributed by atoms with Gasteiger partial charge in [0.15, 0.2) is 0 Å². The number of hydrogen-bond acceptors (Lipinski definition) is 1. The van der Waals surface area contributed by atoms with Crippen molar-refractivity contribution in [3.05, 3.63) is 27.2 Å². The minimum absolute atomic E-state index is 0.414. The van der Waals surface area contributed by atoms with Crippen molar-refractivity contribution in [1.29, 1.82) is 0 Å². The van der Waals surface area contributed by atoms with Crippen molar-refractivity contribution in [3.8, 4) is 0 Å². The average molecular weight is 208 g/mol. The van der Waals surface area contributed by atoms with Gasteiger partial charge in [-0.15, -0.1) is 0 Å². The molecule has 0 aliphatic carbocycles. The quantitative estimate of drug-likeness (QED) is 0.619. The maximum Gasteiger partial charge on any atom is 0.0995 e. The zero-order valence-corrected chi connectivity index (χ0v) is 7.71. The van der Waals surface area contributed by atoms with E-state index in [-0.39, 0.29) is 0 Å². The Hall–Kier alpha value is -0.240. The van der Waals surface area contributed by atoms with E-state index in [2.05, 4.69) is 11.7 Å². The van der Waals surface area contributed by atoms with Crippen molar-refractivity contribution in [2.75, 3.05) is 0 Å². The predicted molar refractivity (Wildman–Crippen MR) is 50.7 cm³/mol. The summed E-state index contributed by atoms with van der Waals surface area (Å²) < 4.78 is 0. The first-order chi connectivity index (χ1) is 5.15. The summed E-state index contributed by atoms with van der Waals surface area (Å²) in [6.07, 6.45) is 0. The number of aliphatic imine (C=N–C) groups is 1. The van der Waals surface area contributed by atoms with Gasteiger partial charge in [-0.1, -0.05) is 34.8 Å². The zero-order valence-electron chi connectivity index (χ0n) is 5.44. The Balaban J connectivity index is 3.36. The lowest BCUT2D eigenvalue weighted by Gasteiger charge is -2.00. The number of halogens is 3. The molecular weight excluding hydrogens is 204 g/mol. The minimum Gasteiger partial charge on any atom is -0.262 e. The van der Waals surface area contributed by atoms with Gasteiger partial charge in [-0.05, 0) is 18.9 Å². The highest BCUT2D eigenvalue weighted by Gasteiger charge is 2.04. The van der Waals surface area contributed by atoms with Gasteiger partial charge in [0.25, 0.3) is 0 Å². The summed E-state index contributed by atoms with van der Waals surface area (Å²) in [5, 5.41) is 1.32. The van der Waals surface area contributed by atoms with Crippen molar-refractivity contribution in [2.24, 2.45) is 4.99 Å². The van der Waals surface area contributed by atoms with Crippen LogP contribution in [0.15, 0.2) is 17.1 Å². The fourth-order valence-corrected chi connectivity index (χ4v) is 1.62. The summed E-state index contributed by atoms with van der Waals surface area (Å²) in [5.41, 5.74) is 0.470. The van der Waals surface area contributed by atoms with E-state index in [1.807, 2.05) is 0 Å². The summed E-state index contributed by atoms with van der Waals surface area (Å²) in [7, 11) is 0. The van der Waals surface area contributed by atoms with E-state index in [4.69, 9.17) is 34.8 Å². The SMILES string of the molecule is C=Nc1c(Cl)cc(Cl)cc1Cl. The molecule has 0 saturated carbocycles. The van der Waals surface area contributed by atoms with Gasteiger partial charge in [0.05, 0.1) is 15.7 Å². The average Bonchev–Trinajstić information content (AvgIpc) is 1.85. The van der Waals surface area contributed by atoms with Crippen LogP contribution in [-0.2, 0) is 0 Å². The van der Waals surface area contributed by atoms with Gasteiger partial charge in [-0.2, -0.15) is 0 Å². The molecule has 0 heterocycles. The summed E-state index contributed by atoms with van der Waals surface area (Å²) in [5.74, 6) is 0. The van der Waals surface area contributed by atoms with Gasteiger partial charge in [0.1, 0.15) is 0 Å². The zero-order chi connectivity index (χ0) is 8.43. The molecule has 1 aromatic carbocycles. The normalized spacial score (nSPS) is 9.73. The minimum atomic E-state index is 0.414. The van der Waals surface area contributed by atoms with Crippen LogP contribution in [0.5, 0.6) is 0 Å². The molecule has 0 bridgehead atoms. The first-order valence-corrected chi connectivity index (χ1v) is 3.90. The predicted octanol–water partition coefficient (Wildman–Crippen LogP) is 3.98. The lowest BCUT2D eigenvalue weighted by Crippen LogP contribution is -1.71. The van der Waals surface area contributed by atoms with Gasteiger partial charge >= 0.3 is 0 Å². The third kappa shape index (κ3) is 1.86. The molecular formula is C7H4Cl3N. The topological polar surface area (TPSA) is 12.4 Å². The maximum absolute atomic E-state index is 5.73. The molecule has 0 aliphatic rings. The van der Waals surface area contributed by atoms with E-state index in [1.165, 1.54) is 0 Å². The molecule has 0 amide bonds. The lowest BCUT2D eigenvalue weighted by molar-refractivity contribution is 1.55. The molecule has 58 valence electrons. The number of nitrogens with zero attached hydrogens (tertiary/aromatic N) is 1. The fourth-order valence-electron chi connectivity index (χ4n) is 0.686. The number of hydrogen-bond donors (Lipinski definition) is 0. The van der Waals surface area contributed by atoms with Crippen LogP contribution in [0.1, 0.15) is 0 Å². The fraction of sp³-hybridized carbons (Fsp3) is 0. The van der Waals surface area contributed by atoms with Gasteiger partial charge in [-0.25, -0.2) is 0 Å². The molecule has 0 radical (unpaired) electrons. The molecule has 0 fully saturated rings. The van der Waals surface area contributed by atoms with E-state index >= 15 is 0 Å². The Bertz CT molecular complexity index is 273. The van der Waals surface area contributed by atoms with E-state index in [9.17, 15) is 0 Å². The standard InChI is InChI=1S/C7H4Cl3N/c1-11-7-5(9)2-4(8)3-6(7)10/h2-3H,1H2. The first-order valence-electron chi connectivity index (χ1n) is 2.76. The van der Waals surface area contributed by atoms with Crippen molar-refractivity contribution < 1.29 is 0 Å². The summed E-state index contributed by atoms with van der Waals surface area (Å²) in [4.78, 5) is 3.64. The maximum atomic E-state index is 5.73.